The van der Waals surface area contributed by atoms with Gasteiger partial charge in [-0.15, -0.1) is 0 Å². The van der Waals surface area contributed by atoms with E-state index < -0.39 is 0 Å². The number of nitrogens with one attached hydrogen (secondary N) is 2. The van der Waals surface area contributed by atoms with E-state index in [0.717, 1.165) is 56.4 Å². The molecule has 5 heteroatoms. The van der Waals surface area contributed by atoms with Gasteiger partial charge in [0.2, 0.25) is 0 Å². The van der Waals surface area contributed by atoms with Gasteiger partial charge in [-0.3, -0.25) is 0 Å². The van der Waals surface area contributed by atoms with Crippen molar-refractivity contribution in [3.05, 3.63) is 47.7 Å². The molecule has 24 heavy (non-hydrogen) atoms. The summed E-state index contributed by atoms with van der Waals surface area (Å²) in [7, 11) is 1.70. The molecule has 3 rings (SSSR count). The second-order valence-electron chi connectivity index (χ2n) is 5.96. The minimum atomic E-state index is 0.883. The number of rotatable bonds is 6. The van der Waals surface area contributed by atoms with Gasteiger partial charge in [-0.2, -0.15) is 0 Å². The van der Waals surface area contributed by atoms with Gasteiger partial charge in [0.05, 0.1) is 12.8 Å². The molecule has 2 aromatic rings. The smallest absolute Gasteiger partial charge is 0.152 e. The van der Waals surface area contributed by atoms with E-state index in [1.54, 1.807) is 7.11 Å². The number of aromatic nitrogens is 1. The second kappa shape index (κ2) is 8.02. The van der Waals surface area contributed by atoms with E-state index in [9.17, 15) is 0 Å². The largest absolute Gasteiger partial charge is 0.497 e. The number of anilines is 2. The third kappa shape index (κ3) is 3.79. The predicted octanol–water partition coefficient (Wildman–Crippen LogP) is 2.52. The fourth-order valence-corrected chi connectivity index (χ4v) is 3.09. The van der Waals surface area contributed by atoms with Crippen LogP contribution in [0.1, 0.15) is 18.1 Å². The van der Waals surface area contributed by atoms with Crippen molar-refractivity contribution in [2.45, 2.75) is 13.3 Å². The molecule has 0 aliphatic carbocycles. The van der Waals surface area contributed by atoms with Crippen molar-refractivity contribution < 1.29 is 4.74 Å². The Kier molecular flexibility index (Phi) is 5.54. The van der Waals surface area contributed by atoms with Gasteiger partial charge < -0.3 is 20.3 Å². The van der Waals surface area contributed by atoms with Crippen molar-refractivity contribution in [3.8, 4) is 5.75 Å². The standard InChI is InChI=1S/C19H26N4O/c1-3-21-18-16(14-15-4-6-17(24-2)7-5-15)8-9-22-19(18)23-12-10-20-11-13-23/h4-9,20-21H,3,10-14H2,1-2H3. The lowest BCUT2D eigenvalue weighted by Crippen LogP contribution is -2.44. The lowest BCUT2D eigenvalue weighted by molar-refractivity contribution is 0.414. The summed E-state index contributed by atoms with van der Waals surface area (Å²) in [5, 5.41) is 6.94. The van der Waals surface area contributed by atoms with E-state index in [2.05, 4.69) is 45.6 Å². The van der Waals surface area contributed by atoms with E-state index in [4.69, 9.17) is 4.74 Å². The number of methoxy groups -OCH3 is 1. The van der Waals surface area contributed by atoms with E-state index >= 15 is 0 Å². The SMILES string of the molecule is CCNc1c(Cc2ccc(OC)cc2)ccnc1N1CCNCC1. The molecular formula is C19H26N4O. The van der Waals surface area contributed by atoms with Gasteiger partial charge in [-0.25, -0.2) is 4.98 Å². The van der Waals surface area contributed by atoms with Crippen molar-refractivity contribution in [2.24, 2.45) is 0 Å². The molecular weight excluding hydrogens is 300 g/mol. The quantitative estimate of drug-likeness (QED) is 0.854. The monoisotopic (exact) mass is 326 g/mol. The summed E-state index contributed by atoms with van der Waals surface area (Å²) in [6.07, 6.45) is 2.81. The van der Waals surface area contributed by atoms with Crippen LogP contribution in [0.2, 0.25) is 0 Å². The topological polar surface area (TPSA) is 49.4 Å². The molecule has 1 fully saturated rings. The molecule has 0 atom stereocenters. The highest BCUT2D eigenvalue weighted by atomic mass is 16.5. The number of hydrogen-bond acceptors (Lipinski definition) is 5. The number of ether oxygens (including phenoxy) is 1. The van der Waals surface area contributed by atoms with Crippen LogP contribution < -0.4 is 20.3 Å². The molecule has 128 valence electrons. The Bertz CT molecular complexity index is 651. The summed E-state index contributed by atoms with van der Waals surface area (Å²) < 4.78 is 5.25. The zero-order chi connectivity index (χ0) is 16.8. The van der Waals surface area contributed by atoms with Crippen LogP contribution in [-0.2, 0) is 6.42 Å². The van der Waals surface area contributed by atoms with Gasteiger partial charge >= 0.3 is 0 Å². The van der Waals surface area contributed by atoms with Gasteiger partial charge in [-0.1, -0.05) is 12.1 Å². The third-order valence-electron chi connectivity index (χ3n) is 4.34. The van der Waals surface area contributed by atoms with Crippen molar-refractivity contribution in [3.63, 3.8) is 0 Å². The van der Waals surface area contributed by atoms with E-state index in [0.29, 0.717) is 0 Å². The number of piperazine rings is 1. The van der Waals surface area contributed by atoms with E-state index in [1.807, 2.05) is 18.3 Å². The average Bonchev–Trinajstić information content (AvgIpc) is 2.64. The van der Waals surface area contributed by atoms with Crippen LogP contribution in [-0.4, -0.2) is 44.8 Å². The molecule has 0 unspecified atom stereocenters. The highest BCUT2D eigenvalue weighted by molar-refractivity contribution is 5.70. The summed E-state index contributed by atoms with van der Waals surface area (Å²) in [5.74, 6) is 1.96. The fraction of sp³-hybridized carbons (Fsp3) is 0.421. The molecule has 0 saturated carbocycles. The first-order chi connectivity index (χ1) is 11.8. The van der Waals surface area contributed by atoms with Crippen LogP contribution in [0.4, 0.5) is 11.5 Å². The number of hydrogen-bond donors (Lipinski definition) is 2. The molecule has 1 aromatic carbocycles. The van der Waals surface area contributed by atoms with Crippen LogP contribution >= 0.6 is 0 Å². The van der Waals surface area contributed by atoms with Crippen LogP contribution in [0.3, 0.4) is 0 Å². The van der Waals surface area contributed by atoms with Gasteiger partial charge in [0, 0.05) is 38.9 Å². The third-order valence-corrected chi connectivity index (χ3v) is 4.34. The zero-order valence-electron chi connectivity index (χ0n) is 14.5. The normalized spacial score (nSPS) is 14.5. The Labute approximate surface area is 144 Å². The molecule has 1 aliphatic rings. The van der Waals surface area contributed by atoms with Gasteiger partial charge in [-0.05, 0) is 42.7 Å². The predicted molar refractivity (Wildman–Crippen MR) is 99.3 cm³/mol. The highest BCUT2D eigenvalue weighted by Gasteiger charge is 2.18. The molecule has 1 aliphatic heterocycles. The Hall–Kier alpha value is -2.27. The van der Waals surface area contributed by atoms with E-state index in [1.165, 1.54) is 11.1 Å². The molecule has 0 bridgehead atoms. The Balaban J connectivity index is 1.87. The fourth-order valence-electron chi connectivity index (χ4n) is 3.09. The zero-order valence-corrected chi connectivity index (χ0v) is 14.5. The lowest BCUT2D eigenvalue weighted by Gasteiger charge is -2.31. The molecule has 0 spiro atoms. The van der Waals surface area contributed by atoms with Crippen molar-refractivity contribution in [1.82, 2.24) is 10.3 Å². The lowest BCUT2D eigenvalue weighted by atomic mass is 10.0. The second-order valence-corrected chi connectivity index (χ2v) is 5.96. The minimum Gasteiger partial charge on any atom is -0.497 e. The first-order valence-corrected chi connectivity index (χ1v) is 8.62. The maximum atomic E-state index is 5.25. The summed E-state index contributed by atoms with van der Waals surface area (Å²) in [4.78, 5) is 7.03. The van der Waals surface area contributed by atoms with Gasteiger partial charge in [0.1, 0.15) is 5.75 Å². The summed E-state index contributed by atoms with van der Waals surface area (Å²) in [5.41, 5.74) is 3.72. The van der Waals surface area contributed by atoms with Gasteiger partial charge in [0.25, 0.3) is 0 Å². The molecule has 1 saturated heterocycles. The van der Waals surface area contributed by atoms with Crippen molar-refractivity contribution in [1.29, 1.82) is 0 Å². The molecule has 5 nitrogen and oxygen atoms in total. The van der Waals surface area contributed by atoms with Crippen LogP contribution in [0.25, 0.3) is 0 Å². The molecule has 0 amide bonds. The van der Waals surface area contributed by atoms with Crippen LogP contribution in [0.15, 0.2) is 36.5 Å². The maximum Gasteiger partial charge on any atom is 0.152 e. The summed E-state index contributed by atoms with van der Waals surface area (Å²) in [6, 6.07) is 10.4. The highest BCUT2D eigenvalue weighted by Crippen LogP contribution is 2.29. The molecule has 2 heterocycles. The molecule has 0 radical (unpaired) electrons. The van der Waals surface area contributed by atoms with Crippen LogP contribution in [0, 0.1) is 0 Å². The Morgan fingerprint density at radius 3 is 2.58 bits per heavy atom. The van der Waals surface area contributed by atoms with Crippen molar-refractivity contribution in [2.75, 3.05) is 50.1 Å². The van der Waals surface area contributed by atoms with Crippen LogP contribution in [0.5, 0.6) is 5.75 Å². The van der Waals surface area contributed by atoms with Gasteiger partial charge in [0.15, 0.2) is 5.82 Å². The Morgan fingerprint density at radius 2 is 1.92 bits per heavy atom. The van der Waals surface area contributed by atoms with E-state index in [-0.39, 0.29) is 0 Å². The molecule has 1 aromatic heterocycles. The number of pyridine rings is 1. The Morgan fingerprint density at radius 1 is 1.17 bits per heavy atom. The number of benzene rings is 1. The first kappa shape index (κ1) is 16.6. The number of nitrogens with zero attached hydrogens (tertiary/aromatic N) is 2. The minimum absolute atomic E-state index is 0.883. The first-order valence-electron chi connectivity index (χ1n) is 8.62. The summed E-state index contributed by atoms with van der Waals surface area (Å²) in [6.45, 7) is 7.03. The van der Waals surface area contributed by atoms with Crippen molar-refractivity contribution >= 4 is 11.5 Å². The average molecular weight is 326 g/mol. The maximum absolute atomic E-state index is 5.25. The summed E-state index contributed by atoms with van der Waals surface area (Å²) >= 11 is 0. The molecule has 2 N–H and O–H groups in total.